The van der Waals surface area contributed by atoms with Crippen LogP contribution >= 0.6 is 0 Å². The molecule has 0 bridgehead atoms. The number of anilines is 1. The predicted octanol–water partition coefficient (Wildman–Crippen LogP) is 2.69. The Balaban J connectivity index is 1.41. The van der Waals surface area contributed by atoms with Crippen molar-refractivity contribution in [2.24, 2.45) is 0 Å². The van der Waals surface area contributed by atoms with Gasteiger partial charge in [0.2, 0.25) is 0 Å². The van der Waals surface area contributed by atoms with Crippen LogP contribution in [0, 0.1) is 0 Å². The molecule has 1 heterocycles. The minimum Gasteiger partial charge on any atom is -0.497 e. The van der Waals surface area contributed by atoms with Crippen LogP contribution in [-0.4, -0.2) is 75.9 Å². The van der Waals surface area contributed by atoms with E-state index in [9.17, 15) is 4.79 Å². The van der Waals surface area contributed by atoms with Crippen LogP contribution in [0.3, 0.4) is 0 Å². The summed E-state index contributed by atoms with van der Waals surface area (Å²) in [6.07, 6.45) is 0.751. The van der Waals surface area contributed by atoms with E-state index >= 15 is 0 Å². The van der Waals surface area contributed by atoms with Crippen LogP contribution in [-0.2, 0) is 6.42 Å². The molecule has 1 saturated heterocycles. The lowest BCUT2D eigenvalue weighted by molar-refractivity contribution is 0.134. The third kappa shape index (κ3) is 6.93. The Morgan fingerprint density at radius 2 is 1.77 bits per heavy atom. The summed E-state index contributed by atoms with van der Waals surface area (Å²) < 4.78 is 11.1. The molecule has 0 aromatic heterocycles. The Labute approximate surface area is 179 Å². The molecule has 1 fully saturated rings. The molecular formula is C23H32N4O3. The highest BCUT2D eigenvalue weighted by atomic mass is 16.5. The topological polar surface area (TPSA) is 66.1 Å². The smallest absolute Gasteiger partial charge is 0.319 e. The number of methoxy groups -OCH3 is 1. The number of nitrogens with zero attached hydrogens (tertiary/aromatic N) is 2. The molecule has 3 rings (SSSR count). The summed E-state index contributed by atoms with van der Waals surface area (Å²) in [4.78, 5) is 17.0. The van der Waals surface area contributed by atoms with Gasteiger partial charge in [0.05, 0.1) is 12.8 Å². The van der Waals surface area contributed by atoms with Gasteiger partial charge in [0, 0.05) is 39.3 Å². The number of hydrogen-bond acceptors (Lipinski definition) is 5. The average molecular weight is 413 g/mol. The summed E-state index contributed by atoms with van der Waals surface area (Å²) in [7, 11) is 3.80. The Morgan fingerprint density at radius 3 is 2.50 bits per heavy atom. The van der Waals surface area contributed by atoms with E-state index in [2.05, 4.69) is 27.5 Å². The van der Waals surface area contributed by atoms with Crippen molar-refractivity contribution in [3.05, 3.63) is 54.1 Å². The van der Waals surface area contributed by atoms with Crippen molar-refractivity contribution in [1.82, 2.24) is 15.1 Å². The third-order valence-corrected chi connectivity index (χ3v) is 5.25. The van der Waals surface area contributed by atoms with E-state index in [4.69, 9.17) is 9.47 Å². The van der Waals surface area contributed by atoms with Gasteiger partial charge in [-0.2, -0.15) is 0 Å². The van der Waals surface area contributed by atoms with Gasteiger partial charge in [-0.15, -0.1) is 0 Å². The minimum atomic E-state index is -0.237. The molecular weight excluding hydrogens is 380 g/mol. The largest absolute Gasteiger partial charge is 0.497 e. The Bertz CT molecular complexity index is 789. The first-order valence-corrected chi connectivity index (χ1v) is 10.4. The zero-order valence-electron chi connectivity index (χ0n) is 17.9. The molecule has 0 saturated carbocycles. The van der Waals surface area contributed by atoms with Crippen LogP contribution < -0.4 is 20.1 Å². The quantitative estimate of drug-likeness (QED) is 0.663. The molecule has 1 aliphatic rings. The summed E-state index contributed by atoms with van der Waals surface area (Å²) in [6, 6.07) is 15.2. The molecule has 2 N–H and O–H groups in total. The van der Waals surface area contributed by atoms with E-state index in [0.717, 1.165) is 50.5 Å². The van der Waals surface area contributed by atoms with Gasteiger partial charge in [-0.1, -0.05) is 24.3 Å². The number of likely N-dealkylation sites (N-methyl/N-ethyl adjacent to an activating group) is 1. The molecule has 0 atom stereocenters. The molecule has 2 amide bonds. The number of urea groups is 1. The van der Waals surface area contributed by atoms with Crippen LogP contribution in [0.2, 0.25) is 0 Å². The standard InChI is InChI=1S/C23H32N4O3/c1-26-13-15-27(16-14-26)17-18-30-22-6-4-3-5-21(22)25-23(28)24-12-11-19-7-9-20(29-2)10-8-19/h3-10H,11-18H2,1-2H3,(H2,24,25,28). The van der Waals surface area contributed by atoms with Crippen molar-refractivity contribution in [3.63, 3.8) is 0 Å². The van der Waals surface area contributed by atoms with E-state index in [0.29, 0.717) is 24.6 Å². The molecule has 7 nitrogen and oxygen atoms in total. The zero-order chi connectivity index (χ0) is 21.2. The van der Waals surface area contributed by atoms with Gasteiger partial charge in [0.1, 0.15) is 18.1 Å². The van der Waals surface area contributed by atoms with Gasteiger partial charge in [-0.05, 0) is 43.3 Å². The Hall–Kier alpha value is -2.77. The summed E-state index contributed by atoms with van der Waals surface area (Å²) >= 11 is 0. The molecule has 30 heavy (non-hydrogen) atoms. The van der Waals surface area contributed by atoms with Crippen LogP contribution in [0.4, 0.5) is 10.5 Å². The number of rotatable bonds is 9. The van der Waals surface area contributed by atoms with E-state index in [-0.39, 0.29) is 6.03 Å². The third-order valence-electron chi connectivity index (χ3n) is 5.25. The molecule has 0 unspecified atom stereocenters. The normalized spacial score (nSPS) is 14.9. The van der Waals surface area contributed by atoms with Crippen LogP contribution in [0.15, 0.2) is 48.5 Å². The molecule has 162 valence electrons. The van der Waals surface area contributed by atoms with Crippen LogP contribution in [0.1, 0.15) is 5.56 Å². The van der Waals surface area contributed by atoms with E-state index in [1.54, 1.807) is 7.11 Å². The first-order chi connectivity index (χ1) is 14.6. The number of nitrogens with one attached hydrogen (secondary N) is 2. The second kappa shape index (κ2) is 11.4. The number of para-hydroxylation sites is 2. The fourth-order valence-electron chi connectivity index (χ4n) is 3.33. The first kappa shape index (κ1) is 21.9. The molecule has 7 heteroatoms. The van der Waals surface area contributed by atoms with Crippen molar-refractivity contribution < 1.29 is 14.3 Å². The van der Waals surface area contributed by atoms with Crippen molar-refractivity contribution in [2.45, 2.75) is 6.42 Å². The molecule has 0 spiro atoms. The number of hydrogen-bond donors (Lipinski definition) is 2. The van der Waals surface area contributed by atoms with Gasteiger partial charge in [-0.25, -0.2) is 4.79 Å². The maximum absolute atomic E-state index is 12.3. The van der Waals surface area contributed by atoms with Crippen LogP contribution in [0.5, 0.6) is 11.5 Å². The Kier molecular flexibility index (Phi) is 8.35. The number of benzene rings is 2. The second-order valence-electron chi connectivity index (χ2n) is 7.47. The van der Waals surface area contributed by atoms with Gasteiger partial charge in [0.15, 0.2) is 0 Å². The number of ether oxygens (including phenoxy) is 2. The zero-order valence-corrected chi connectivity index (χ0v) is 17.9. The van der Waals surface area contributed by atoms with Crippen molar-refractivity contribution in [3.8, 4) is 11.5 Å². The summed E-state index contributed by atoms with van der Waals surface area (Å²) in [5.74, 6) is 1.52. The number of amides is 2. The number of piperazine rings is 1. The molecule has 2 aromatic carbocycles. The average Bonchev–Trinajstić information content (AvgIpc) is 2.77. The number of carbonyl (C=O) groups excluding carboxylic acids is 1. The Morgan fingerprint density at radius 1 is 1.03 bits per heavy atom. The monoisotopic (exact) mass is 412 g/mol. The van der Waals surface area contributed by atoms with Crippen molar-refractivity contribution in [2.75, 3.05) is 65.3 Å². The van der Waals surface area contributed by atoms with Gasteiger partial charge in [-0.3, -0.25) is 4.90 Å². The summed E-state index contributed by atoms with van der Waals surface area (Å²) in [5, 5.41) is 5.79. The lowest BCUT2D eigenvalue weighted by Gasteiger charge is -2.32. The second-order valence-corrected chi connectivity index (χ2v) is 7.47. The lowest BCUT2D eigenvalue weighted by Crippen LogP contribution is -2.45. The van der Waals surface area contributed by atoms with E-state index in [1.165, 1.54) is 0 Å². The summed E-state index contributed by atoms with van der Waals surface area (Å²) in [6.45, 7) is 6.35. The highest BCUT2D eigenvalue weighted by molar-refractivity contribution is 5.90. The van der Waals surface area contributed by atoms with Crippen LogP contribution in [0.25, 0.3) is 0 Å². The molecule has 0 radical (unpaired) electrons. The highest BCUT2D eigenvalue weighted by Crippen LogP contribution is 2.23. The maximum Gasteiger partial charge on any atom is 0.319 e. The molecule has 1 aliphatic heterocycles. The van der Waals surface area contributed by atoms with Gasteiger partial charge >= 0.3 is 6.03 Å². The van der Waals surface area contributed by atoms with Crippen molar-refractivity contribution in [1.29, 1.82) is 0 Å². The first-order valence-electron chi connectivity index (χ1n) is 10.4. The highest BCUT2D eigenvalue weighted by Gasteiger charge is 2.14. The van der Waals surface area contributed by atoms with Crippen molar-refractivity contribution >= 4 is 11.7 Å². The SMILES string of the molecule is COc1ccc(CCNC(=O)Nc2ccccc2OCCN2CCN(C)CC2)cc1. The van der Waals surface area contributed by atoms with E-state index in [1.807, 2.05) is 48.5 Å². The fraction of sp³-hybridized carbons (Fsp3) is 0.435. The fourth-order valence-corrected chi connectivity index (χ4v) is 3.33. The lowest BCUT2D eigenvalue weighted by atomic mass is 10.1. The van der Waals surface area contributed by atoms with Gasteiger partial charge < -0.3 is 25.0 Å². The predicted molar refractivity (Wildman–Crippen MR) is 120 cm³/mol. The van der Waals surface area contributed by atoms with E-state index < -0.39 is 0 Å². The maximum atomic E-state index is 12.3. The molecule has 0 aliphatic carbocycles. The minimum absolute atomic E-state index is 0.237. The summed E-state index contributed by atoms with van der Waals surface area (Å²) in [5.41, 5.74) is 1.82. The van der Waals surface area contributed by atoms with Gasteiger partial charge in [0.25, 0.3) is 0 Å². The number of carbonyl (C=O) groups is 1. The molecule has 2 aromatic rings.